The number of hydrogen-bond acceptors (Lipinski definition) is 1. The summed E-state index contributed by atoms with van der Waals surface area (Å²) in [5.74, 6) is 1.46. The van der Waals surface area contributed by atoms with Crippen LogP contribution in [0.1, 0.15) is 22.8 Å². The lowest BCUT2D eigenvalue weighted by molar-refractivity contribution is 0.582. The predicted molar refractivity (Wildman–Crippen MR) is 232 cm³/mol. The second kappa shape index (κ2) is 12.9. The molecule has 0 saturated carbocycles. The third-order valence-electron chi connectivity index (χ3n) is 11.6. The largest absolute Gasteiger partial charge is 0.456 e. The van der Waals surface area contributed by atoms with Gasteiger partial charge in [-0.25, -0.2) is 0 Å². The molecule has 0 radical (unpaired) electrons. The van der Waals surface area contributed by atoms with Crippen LogP contribution in [0.2, 0.25) is 0 Å². The lowest BCUT2D eigenvalue weighted by Crippen LogP contribution is -2.16. The Hall–Kier alpha value is -6.96. The second-order valence-corrected chi connectivity index (χ2v) is 14.9. The van der Waals surface area contributed by atoms with Gasteiger partial charge in [-0.05, 0) is 126 Å². The zero-order valence-corrected chi connectivity index (χ0v) is 30.2. The molecular formula is C54H36O. The summed E-state index contributed by atoms with van der Waals surface area (Å²) >= 11 is 0. The van der Waals surface area contributed by atoms with Crippen molar-refractivity contribution in [3.63, 3.8) is 0 Å². The predicted octanol–water partition coefficient (Wildman–Crippen LogP) is 14.8. The van der Waals surface area contributed by atoms with E-state index in [9.17, 15) is 0 Å². The fraction of sp³-hybridized carbons (Fsp3) is 0.0370. The Labute approximate surface area is 320 Å². The molecule has 0 spiro atoms. The van der Waals surface area contributed by atoms with Crippen molar-refractivity contribution in [3.8, 4) is 44.5 Å². The molecule has 258 valence electrons. The van der Waals surface area contributed by atoms with Crippen LogP contribution >= 0.6 is 0 Å². The highest BCUT2D eigenvalue weighted by Gasteiger charge is 2.34. The molecule has 55 heavy (non-hydrogen) atoms. The molecule has 2 aliphatic rings. The molecule has 0 N–H and O–H groups in total. The molecule has 9 aromatic rings. The van der Waals surface area contributed by atoms with E-state index in [0.29, 0.717) is 0 Å². The Morgan fingerprint density at radius 1 is 0.345 bits per heavy atom. The topological polar surface area (TPSA) is 13.1 Å². The van der Waals surface area contributed by atoms with Crippen LogP contribution in [-0.2, 0) is 0 Å². The van der Waals surface area contributed by atoms with E-state index in [1.54, 1.807) is 0 Å². The minimum absolute atomic E-state index is 0.229. The molecule has 0 aliphatic heterocycles. The van der Waals surface area contributed by atoms with Crippen LogP contribution in [0.5, 0.6) is 0 Å². The maximum absolute atomic E-state index is 6.79. The van der Waals surface area contributed by atoms with Gasteiger partial charge in [0.05, 0.1) is 0 Å². The van der Waals surface area contributed by atoms with E-state index in [1.165, 1.54) is 77.0 Å². The van der Waals surface area contributed by atoms with Gasteiger partial charge in [-0.15, -0.1) is 0 Å². The SMILES string of the molecule is C1=CC2C(c3ccccc3)=Cc3oc4cc(-c5cc(-c6ccc7ccccc7c6)cc(-c6ccc7cc(-c8ccccc8)ccc7c6)c5)ccc4c3C2C=C1. The Kier molecular flexibility index (Phi) is 7.38. The van der Waals surface area contributed by atoms with Crippen molar-refractivity contribution in [2.75, 3.05) is 0 Å². The highest BCUT2D eigenvalue weighted by molar-refractivity contribution is 5.97. The number of benzene rings is 8. The van der Waals surface area contributed by atoms with Crippen LogP contribution in [-0.4, -0.2) is 0 Å². The highest BCUT2D eigenvalue weighted by atomic mass is 16.3. The normalized spacial score (nSPS) is 16.0. The summed E-state index contributed by atoms with van der Waals surface area (Å²) in [5.41, 5.74) is 14.3. The van der Waals surface area contributed by atoms with Crippen LogP contribution in [0, 0.1) is 5.92 Å². The molecule has 2 atom stereocenters. The van der Waals surface area contributed by atoms with Gasteiger partial charge in [-0.3, -0.25) is 0 Å². The fourth-order valence-electron chi connectivity index (χ4n) is 8.82. The lowest BCUT2D eigenvalue weighted by atomic mass is 9.72. The Balaban J connectivity index is 1.05. The van der Waals surface area contributed by atoms with E-state index >= 15 is 0 Å². The lowest BCUT2D eigenvalue weighted by Gasteiger charge is -2.30. The fourth-order valence-corrected chi connectivity index (χ4v) is 8.82. The first-order chi connectivity index (χ1) is 27.2. The minimum Gasteiger partial charge on any atom is -0.456 e. The van der Waals surface area contributed by atoms with Crippen LogP contribution in [0.25, 0.3) is 88.7 Å². The summed E-state index contributed by atoms with van der Waals surface area (Å²) < 4.78 is 6.79. The summed E-state index contributed by atoms with van der Waals surface area (Å²) in [5, 5.41) is 6.13. The van der Waals surface area contributed by atoms with E-state index in [0.717, 1.165) is 22.5 Å². The van der Waals surface area contributed by atoms with Crippen molar-refractivity contribution in [3.05, 3.63) is 217 Å². The minimum atomic E-state index is 0.229. The van der Waals surface area contributed by atoms with Gasteiger partial charge in [0.15, 0.2) is 0 Å². The van der Waals surface area contributed by atoms with E-state index in [1.807, 2.05) is 0 Å². The van der Waals surface area contributed by atoms with Gasteiger partial charge in [0.25, 0.3) is 0 Å². The average Bonchev–Trinajstić information content (AvgIpc) is 3.64. The third kappa shape index (κ3) is 5.56. The molecule has 1 heteroatoms. The van der Waals surface area contributed by atoms with E-state index in [4.69, 9.17) is 4.42 Å². The van der Waals surface area contributed by atoms with E-state index in [-0.39, 0.29) is 11.8 Å². The number of allylic oxidation sites excluding steroid dienone is 5. The molecule has 1 nitrogen and oxygen atoms in total. The molecule has 0 bridgehead atoms. The Morgan fingerprint density at radius 3 is 1.49 bits per heavy atom. The van der Waals surface area contributed by atoms with E-state index in [2.05, 4.69) is 206 Å². The summed E-state index contributed by atoms with van der Waals surface area (Å²) in [4.78, 5) is 0. The van der Waals surface area contributed by atoms with Gasteiger partial charge >= 0.3 is 0 Å². The van der Waals surface area contributed by atoms with Crippen LogP contribution in [0.3, 0.4) is 0 Å². The smallest absolute Gasteiger partial charge is 0.135 e. The van der Waals surface area contributed by atoms with Crippen LogP contribution in [0.15, 0.2) is 205 Å². The molecule has 0 fully saturated rings. The number of rotatable bonds is 5. The maximum atomic E-state index is 6.79. The second-order valence-electron chi connectivity index (χ2n) is 14.9. The molecule has 0 amide bonds. The van der Waals surface area contributed by atoms with Crippen molar-refractivity contribution < 1.29 is 4.42 Å². The number of hydrogen-bond donors (Lipinski definition) is 0. The van der Waals surface area contributed by atoms with Gasteiger partial charge in [0, 0.05) is 22.8 Å². The van der Waals surface area contributed by atoms with Gasteiger partial charge in [0.1, 0.15) is 11.3 Å². The van der Waals surface area contributed by atoms with Gasteiger partial charge in [-0.2, -0.15) is 0 Å². The van der Waals surface area contributed by atoms with Crippen molar-refractivity contribution in [2.45, 2.75) is 5.92 Å². The van der Waals surface area contributed by atoms with Crippen LogP contribution in [0.4, 0.5) is 0 Å². The molecule has 2 aliphatic carbocycles. The van der Waals surface area contributed by atoms with Gasteiger partial charge in [0.2, 0.25) is 0 Å². The standard InChI is InChI=1S/C54H36O/c1-3-11-35(12-4-1)39-21-22-41-29-43(24-23-40(41)28-39)46-30-45(42-20-19-36-13-7-8-16-38(36)27-42)31-47(32-46)44-25-26-50-52(33-44)55-53-34-51(37-14-5-2-6-15-37)48-17-9-10-18-49(48)54(50)53/h1-34,48-49H. The van der Waals surface area contributed by atoms with Gasteiger partial charge < -0.3 is 4.42 Å². The Bertz CT molecular complexity index is 3030. The molecule has 2 unspecified atom stereocenters. The first-order valence-electron chi connectivity index (χ1n) is 19.1. The summed E-state index contributed by atoms with van der Waals surface area (Å²) in [7, 11) is 0. The molecular weight excluding hydrogens is 665 g/mol. The maximum Gasteiger partial charge on any atom is 0.135 e. The zero-order chi connectivity index (χ0) is 36.3. The van der Waals surface area contributed by atoms with E-state index < -0.39 is 0 Å². The quantitative estimate of drug-likeness (QED) is 0.174. The highest BCUT2D eigenvalue weighted by Crippen LogP contribution is 2.49. The van der Waals surface area contributed by atoms with Crippen molar-refractivity contribution in [2.24, 2.45) is 5.92 Å². The Morgan fingerprint density at radius 2 is 0.836 bits per heavy atom. The first-order valence-corrected chi connectivity index (χ1v) is 19.1. The third-order valence-corrected chi connectivity index (χ3v) is 11.6. The molecule has 11 rings (SSSR count). The first kappa shape index (κ1) is 31.6. The summed E-state index contributed by atoms with van der Waals surface area (Å²) in [6, 6.07) is 64.2. The molecule has 1 heterocycles. The van der Waals surface area contributed by atoms with Gasteiger partial charge in [-0.1, -0.05) is 158 Å². The van der Waals surface area contributed by atoms with Crippen molar-refractivity contribution in [1.29, 1.82) is 0 Å². The average molecular weight is 701 g/mol. The molecule has 8 aromatic carbocycles. The summed E-state index contributed by atoms with van der Waals surface area (Å²) in [6.07, 6.45) is 11.3. The van der Waals surface area contributed by atoms with Crippen molar-refractivity contribution in [1.82, 2.24) is 0 Å². The van der Waals surface area contributed by atoms with Crippen molar-refractivity contribution >= 4 is 44.2 Å². The molecule has 0 saturated heterocycles. The van der Waals surface area contributed by atoms with Crippen LogP contribution < -0.4 is 0 Å². The molecule has 1 aromatic heterocycles. The zero-order valence-electron chi connectivity index (χ0n) is 30.2. The number of fused-ring (bicyclic) bond motifs is 7. The summed E-state index contributed by atoms with van der Waals surface area (Å²) in [6.45, 7) is 0. The number of furan rings is 1. The monoisotopic (exact) mass is 700 g/mol.